The highest BCUT2D eigenvalue weighted by Crippen LogP contribution is 2.21. The monoisotopic (exact) mass is 320 g/mol. The van der Waals surface area contributed by atoms with Gasteiger partial charge in [0.25, 0.3) is 0 Å². The van der Waals surface area contributed by atoms with Gasteiger partial charge in [0.05, 0.1) is 5.69 Å². The van der Waals surface area contributed by atoms with Gasteiger partial charge < -0.3 is 9.55 Å². The lowest BCUT2D eigenvalue weighted by Gasteiger charge is -2.02. The first-order valence-electron chi connectivity index (χ1n) is 7.69. The normalized spacial score (nSPS) is 11.0. The SMILES string of the molecule is O=C(CCn1cccc1)Nc1n[nH]c(-c2cc3ccccc3[nH]2)n1. The number of amides is 1. The number of aryl methyl sites for hydroxylation is 1. The fourth-order valence-corrected chi connectivity index (χ4v) is 2.58. The molecular formula is C17H16N6O. The number of anilines is 1. The van der Waals surface area contributed by atoms with Crippen molar-refractivity contribution in [2.24, 2.45) is 0 Å². The summed E-state index contributed by atoms with van der Waals surface area (Å²) in [6.07, 6.45) is 4.22. The van der Waals surface area contributed by atoms with Crippen LogP contribution in [0.25, 0.3) is 22.4 Å². The molecule has 0 fully saturated rings. The number of H-pyrrole nitrogens is 2. The van der Waals surface area contributed by atoms with Crippen molar-refractivity contribution in [3.8, 4) is 11.5 Å². The maximum Gasteiger partial charge on any atom is 0.249 e. The minimum absolute atomic E-state index is 0.120. The smallest absolute Gasteiger partial charge is 0.249 e. The van der Waals surface area contributed by atoms with Crippen LogP contribution in [0.3, 0.4) is 0 Å². The van der Waals surface area contributed by atoms with Crippen molar-refractivity contribution in [3.63, 3.8) is 0 Å². The summed E-state index contributed by atoms with van der Waals surface area (Å²) in [5.41, 5.74) is 1.86. The van der Waals surface area contributed by atoms with E-state index in [1.165, 1.54) is 0 Å². The van der Waals surface area contributed by atoms with Crippen LogP contribution in [0.1, 0.15) is 6.42 Å². The molecule has 7 heteroatoms. The van der Waals surface area contributed by atoms with Gasteiger partial charge in [0.2, 0.25) is 11.9 Å². The third-order valence-corrected chi connectivity index (χ3v) is 3.78. The molecule has 0 aliphatic carbocycles. The molecular weight excluding hydrogens is 304 g/mol. The van der Waals surface area contributed by atoms with Crippen molar-refractivity contribution in [2.75, 3.05) is 5.32 Å². The molecule has 0 spiro atoms. The maximum absolute atomic E-state index is 12.0. The Balaban J connectivity index is 1.43. The third kappa shape index (κ3) is 2.91. The van der Waals surface area contributed by atoms with Crippen LogP contribution in [0.2, 0.25) is 0 Å². The minimum atomic E-state index is -0.120. The second kappa shape index (κ2) is 6.04. The molecule has 24 heavy (non-hydrogen) atoms. The van der Waals surface area contributed by atoms with Gasteiger partial charge >= 0.3 is 0 Å². The maximum atomic E-state index is 12.0. The van der Waals surface area contributed by atoms with Crippen LogP contribution in [-0.4, -0.2) is 30.6 Å². The van der Waals surface area contributed by atoms with Gasteiger partial charge in [-0.1, -0.05) is 18.2 Å². The molecule has 7 nitrogen and oxygen atoms in total. The molecule has 3 aromatic heterocycles. The number of fused-ring (bicyclic) bond motifs is 1. The topological polar surface area (TPSA) is 91.4 Å². The van der Waals surface area contributed by atoms with E-state index in [9.17, 15) is 4.79 Å². The van der Waals surface area contributed by atoms with Gasteiger partial charge in [-0.25, -0.2) is 0 Å². The Morgan fingerprint density at radius 1 is 1.17 bits per heavy atom. The molecule has 0 radical (unpaired) electrons. The summed E-state index contributed by atoms with van der Waals surface area (Å²) < 4.78 is 1.95. The molecule has 1 amide bonds. The lowest BCUT2D eigenvalue weighted by atomic mass is 10.2. The number of aromatic amines is 2. The highest BCUT2D eigenvalue weighted by molar-refractivity contribution is 5.89. The summed E-state index contributed by atoms with van der Waals surface area (Å²) in [7, 11) is 0. The quantitative estimate of drug-likeness (QED) is 0.528. The number of benzene rings is 1. The van der Waals surface area contributed by atoms with E-state index in [2.05, 4.69) is 25.5 Å². The van der Waals surface area contributed by atoms with E-state index < -0.39 is 0 Å². The van der Waals surface area contributed by atoms with Gasteiger partial charge in [-0.15, -0.1) is 5.10 Å². The Hall–Kier alpha value is -3.35. The molecule has 120 valence electrons. The lowest BCUT2D eigenvalue weighted by molar-refractivity contribution is -0.116. The van der Waals surface area contributed by atoms with Crippen molar-refractivity contribution < 1.29 is 4.79 Å². The number of nitrogens with zero attached hydrogens (tertiary/aromatic N) is 3. The number of carbonyl (C=O) groups is 1. The molecule has 0 saturated carbocycles. The van der Waals surface area contributed by atoms with Gasteiger partial charge in [-0.3, -0.25) is 15.2 Å². The molecule has 4 rings (SSSR count). The number of carbonyl (C=O) groups excluding carboxylic acids is 1. The first-order valence-corrected chi connectivity index (χ1v) is 7.69. The van der Waals surface area contributed by atoms with Crippen molar-refractivity contribution in [1.82, 2.24) is 24.7 Å². The number of hydrogen-bond acceptors (Lipinski definition) is 3. The Labute approximate surface area is 137 Å². The average molecular weight is 320 g/mol. The van der Waals surface area contributed by atoms with Gasteiger partial charge in [-0.05, 0) is 24.3 Å². The molecule has 3 heterocycles. The summed E-state index contributed by atoms with van der Waals surface area (Å²) in [6, 6.07) is 13.8. The van der Waals surface area contributed by atoms with E-state index in [0.29, 0.717) is 18.8 Å². The van der Waals surface area contributed by atoms with Crippen molar-refractivity contribution in [2.45, 2.75) is 13.0 Å². The molecule has 1 aromatic carbocycles. The highest BCUT2D eigenvalue weighted by Gasteiger charge is 2.11. The fourth-order valence-electron chi connectivity index (χ4n) is 2.58. The van der Waals surface area contributed by atoms with Gasteiger partial charge in [-0.2, -0.15) is 4.98 Å². The van der Waals surface area contributed by atoms with Crippen LogP contribution in [0.15, 0.2) is 54.9 Å². The van der Waals surface area contributed by atoms with Crippen molar-refractivity contribution in [1.29, 1.82) is 0 Å². The second-order valence-corrected chi connectivity index (χ2v) is 5.50. The largest absolute Gasteiger partial charge is 0.354 e. The van der Waals surface area contributed by atoms with E-state index in [1.54, 1.807) is 0 Å². The molecule has 0 aliphatic rings. The van der Waals surface area contributed by atoms with Crippen LogP contribution in [0, 0.1) is 0 Å². The second-order valence-electron chi connectivity index (χ2n) is 5.50. The van der Waals surface area contributed by atoms with Gasteiger partial charge in [0.15, 0.2) is 5.82 Å². The number of rotatable bonds is 5. The van der Waals surface area contributed by atoms with Crippen LogP contribution < -0.4 is 5.32 Å². The number of aromatic nitrogens is 5. The van der Waals surface area contributed by atoms with Crippen molar-refractivity contribution >= 4 is 22.8 Å². The Morgan fingerprint density at radius 2 is 2.00 bits per heavy atom. The zero-order chi connectivity index (χ0) is 16.4. The van der Waals surface area contributed by atoms with E-state index in [0.717, 1.165) is 16.6 Å². The number of para-hydroxylation sites is 1. The van der Waals surface area contributed by atoms with E-state index in [-0.39, 0.29) is 11.9 Å². The first-order chi connectivity index (χ1) is 11.8. The highest BCUT2D eigenvalue weighted by atomic mass is 16.1. The van der Waals surface area contributed by atoms with Gasteiger partial charge in [0.1, 0.15) is 0 Å². The van der Waals surface area contributed by atoms with E-state index >= 15 is 0 Å². The predicted molar refractivity (Wildman–Crippen MR) is 91.4 cm³/mol. The molecule has 0 bridgehead atoms. The Kier molecular flexibility index (Phi) is 3.59. The van der Waals surface area contributed by atoms with E-state index in [1.807, 2.05) is 59.4 Å². The molecule has 0 aliphatic heterocycles. The first kappa shape index (κ1) is 14.3. The van der Waals surface area contributed by atoms with Gasteiger partial charge in [0, 0.05) is 36.3 Å². The summed E-state index contributed by atoms with van der Waals surface area (Å²) in [5, 5.41) is 10.7. The molecule has 0 saturated heterocycles. The van der Waals surface area contributed by atoms with Crippen LogP contribution in [0.4, 0.5) is 5.95 Å². The summed E-state index contributed by atoms with van der Waals surface area (Å²) in [5.74, 6) is 0.749. The minimum Gasteiger partial charge on any atom is -0.354 e. The summed E-state index contributed by atoms with van der Waals surface area (Å²) >= 11 is 0. The lowest BCUT2D eigenvalue weighted by Crippen LogP contribution is -2.14. The fraction of sp³-hybridized carbons (Fsp3) is 0.118. The number of nitrogens with one attached hydrogen (secondary N) is 3. The van der Waals surface area contributed by atoms with Crippen LogP contribution in [-0.2, 0) is 11.3 Å². The molecule has 3 N–H and O–H groups in total. The summed E-state index contributed by atoms with van der Waals surface area (Å²) in [4.78, 5) is 19.6. The van der Waals surface area contributed by atoms with Crippen molar-refractivity contribution in [3.05, 3.63) is 54.9 Å². The van der Waals surface area contributed by atoms with E-state index in [4.69, 9.17) is 0 Å². The third-order valence-electron chi connectivity index (χ3n) is 3.78. The standard InChI is InChI=1S/C17H16N6O/c24-15(7-10-23-8-3-4-9-23)19-17-20-16(21-22-17)14-11-12-5-1-2-6-13(12)18-14/h1-6,8-9,11,18H,7,10H2,(H2,19,20,21,22,24). The molecule has 4 aromatic rings. The number of hydrogen-bond donors (Lipinski definition) is 3. The Morgan fingerprint density at radius 3 is 2.83 bits per heavy atom. The average Bonchev–Trinajstić information content (AvgIpc) is 3.32. The zero-order valence-electron chi connectivity index (χ0n) is 12.9. The van der Waals surface area contributed by atoms with Crippen LogP contribution in [0.5, 0.6) is 0 Å². The molecule has 0 atom stereocenters. The zero-order valence-corrected chi connectivity index (χ0v) is 12.9. The van der Waals surface area contributed by atoms with Crippen LogP contribution >= 0.6 is 0 Å². The predicted octanol–water partition coefficient (Wildman–Crippen LogP) is 2.78. The Bertz CT molecular complexity index is 933. The summed E-state index contributed by atoms with van der Waals surface area (Å²) in [6.45, 7) is 0.623. The molecule has 0 unspecified atom stereocenters.